The van der Waals surface area contributed by atoms with Crippen molar-refractivity contribution in [2.24, 2.45) is 0 Å². The van der Waals surface area contributed by atoms with Crippen molar-refractivity contribution in [3.8, 4) is 11.8 Å². The van der Waals surface area contributed by atoms with Crippen molar-refractivity contribution in [1.82, 2.24) is 5.32 Å². The molecule has 0 atom stereocenters. The van der Waals surface area contributed by atoms with E-state index in [2.05, 4.69) is 17.2 Å². The number of halogens is 1. The first kappa shape index (κ1) is 17.1. The summed E-state index contributed by atoms with van der Waals surface area (Å²) in [4.78, 5) is 10.8. The standard InChI is InChI=1S/C20H17FN2OS/c1-4-5-12-8-14-15-9-13(20(2,3)23-19(22)11-24)6-7-17(15)25-18(14)10-16(12)21/h6-11H,1-3H3,(H2,22,23). The molecule has 3 aromatic rings. The second-order valence-corrected chi connectivity index (χ2v) is 7.38. The molecule has 0 unspecified atom stereocenters. The number of hydrogen-bond acceptors (Lipinski definition) is 3. The fraction of sp³-hybridized carbons (Fsp3) is 0.200. The largest absolute Gasteiger partial charge is 0.359 e. The molecule has 3 nitrogen and oxygen atoms in total. The van der Waals surface area contributed by atoms with Crippen molar-refractivity contribution >= 4 is 43.6 Å². The molecule has 0 spiro atoms. The number of aldehydes is 1. The van der Waals surface area contributed by atoms with E-state index in [0.717, 1.165) is 25.7 Å². The molecule has 0 aliphatic carbocycles. The molecule has 1 heterocycles. The van der Waals surface area contributed by atoms with Crippen LogP contribution in [0, 0.1) is 23.1 Å². The van der Waals surface area contributed by atoms with Gasteiger partial charge in [0.2, 0.25) is 0 Å². The van der Waals surface area contributed by atoms with E-state index in [9.17, 15) is 9.18 Å². The molecule has 0 bridgehead atoms. The number of thiophene rings is 1. The van der Waals surface area contributed by atoms with E-state index < -0.39 is 5.54 Å². The SMILES string of the molecule is CC#Cc1cc2c(cc1F)sc1ccc(C(C)(C)NC(=N)C=O)cc12. The minimum absolute atomic E-state index is 0.164. The van der Waals surface area contributed by atoms with Crippen molar-refractivity contribution in [3.05, 3.63) is 47.3 Å². The van der Waals surface area contributed by atoms with E-state index in [-0.39, 0.29) is 11.7 Å². The Kier molecular flexibility index (Phi) is 4.32. The molecule has 126 valence electrons. The van der Waals surface area contributed by atoms with Gasteiger partial charge < -0.3 is 5.32 Å². The maximum absolute atomic E-state index is 14.1. The van der Waals surface area contributed by atoms with Gasteiger partial charge in [-0.05, 0) is 50.6 Å². The number of fused-ring (bicyclic) bond motifs is 3. The summed E-state index contributed by atoms with van der Waals surface area (Å²) in [5, 5.41) is 12.5. The number of rotatable bonds is 3. The second kappa shape index (κ2) is 6.30. The Morgan fingerprint density at radius 1 is 1.24 bits per heavy atom. The smallest absolute Gasteiger partial charge is 0.184 e. The molecule has 0 saturated carbocycles. The third kappa shape index (κ3) is 3.13. The lowest BCUT2D eigenvalue weighted by Gasteiger charge is -2.27. The van der Waals surface area contributed by atoms with Crippen LogP contribution in [0.15, 0.2) is 30.3 Å². The van der Waals surface area contributed by atoms with Crippen molar-refractivity contribution in [1.29, 1.82) is 5.41 Å². The molecule has 2 N–H and O–H groups in total. The normalized spacial score (nSPS) is 11.2. The monoisotopic (exact) mass is 352 g/mol. The number of carbonyl (C=O) groups excluding carboxylic acids is 1. The highest BCUT2D eigenvalue weighted by atomic mass is 32.1. The van der Waals surface area contributed by atoms with E-state index in [0.29, 0.717) is 11.8 Å². The number of benzene rings is 2. The maximum atomic E-state index is 14.1. The van der Waals surface area contributed by atoms with Gasteiger partial charge in [0.05, 0.1) is 11.1 Å². The third-order valence-corrected chi connectivity index (χ3v) is 5.24. The zero-order valence-corrected chi connectivity index (χ0v) is 15.0. The molecule has 0 amide bonds. The first-order valence-electron chi connectivity index (χ1n) is 7.76. The lowest BCUT2D eigenvalue weighted by Crippen LogP contribution is -2.41. The van der Waals surface area contributed by atoms with Gasteiger partial charge in [-0.2, -0.15) is 0 Å². The highest BCUT2D eigenvalue weighted by molar-refractivity contribution is 7.25. The van der Waals surface area contributed by atoms with Crippen LogP contribution in [0.4, 0.5) is 4.39 Å². The summed E-state index contributed by atoms with van der Waals surface area (Å²) in [7, 11) is 0. The zero-order valence-electron chi connectivity index (χ0n) is 14.2. The van der Waals surface area contributed by atoms with Gasteiger partial charge in [-0.25, -0.2) is 4.39 Å². The third-order valence-electron chi connectivity index (χ3n) is 4.11. The van der Waals surface area contributed by atoms with Crippen LogP contribution in [-0.2, 0) is 10.3 Å². The first-order valence-corrected chi connectivity index (χ1v) is 8.58. The van der Waals surface area contributed by atoms with Crippen LogP contribution in [0.1, 0.15) is 31.9 Å². The average Bonchev–Trinajstić information content (AvgIpc) is 2.91. The van der Waals surface area contributed by atoms with Gasteiger partial charge in [0.15, 0.2) is 12.1 Å². The molecule has 5 heteroatoms. The van der Waals surface area contributed by atoms with Crippen LogP contribution < -0.4 is 5.32 Å². The molecule has 2 aromatic carbocycles. The van der Waals surface area contributed by atoms with Gasteiger partial charge in [-0.15, -0.1) is 17.3 Å². The van der Waals surface area contributed by atoms with Crippen LogP contribution in [0.2, 0.25) is 0 Å². The van der Waals surface area contributed by atoms with Crippen LogP contribution in [0.5, 0.6) is 0 Å². The minimum atomic E-state index is -0.577. The molecule has 0 aliphatic rings. The molecular formula is C20H17FN2OS. The van der Waals surface area contributed by atoms with Crippen molar-refractivity contribution in [2.45, 2.75) is 26.3 Å². The van der Waals surface area contributed by atoms with Crippen molar-refractivity contribution in [3.63, 3.8) is 0 Å². The van der Waals surface area contributed by atoms with E-state index in [1.165, 1.54) is 17.4 Å². The minimum Gasteiger partial charge on any atom is -0.359 e. The maximum Gasteiger partial charge on any atom is 0.184 e. The first-order chi connectivity index (χ1) is 11.9. The van der Waals surface area contributed by atoms with Gasteiger partial charge in [-0.3, -0.25) is 10.2 Å². The zero-order chi connectivity index (χ0) is 18.2. The van der Waals surface area contributed by atoms with Crippen LogP contribution in [0.3, 0.4) is 0 Å². The summed E-state index contributed by atoms with van der Waals surface area (Å²) in [6.07, 6.45) is 0.485. The lowest BCUT2D eigenvalue weighted by atomic mass is 9.92. The summed E-state index contributed by atoms with van der Waals surface area (Å²) >= 11 is 1.53. The predicted molar refractivity (Wildman–Crippen MR) is 102 cm³/mol. The van der Waals surface area contributed by atoms with Gasteiger partial charge >= 0.3 is 0 Å². The van der Waals surface area contributed by atoms with Crippen LogP contribution in [0.25, 0.3) is 20.2 Å². The number of amidine groups is 1. The van der Waals surface area contributed by atoms with Crippen molar-refractivity contribution < 1.29 is 9.18 Å². The quantitative estimate of drug-likeness (QED) is 0.314. The fourth-order valence-electron chi connectivity index (χ4n) is 2.86. The number of carbonyl (C=O) groups is 1. The van der Waals surface area contributed by atoms with Gasteiger partial charge in [0.1, 0.15) is 5.82 Å². The second-order valence-electron chi connectivity index (χ2n) is 6.30. The fourth-order valence-corrected chi connectivity index (χ4v) is 3.95. The Labute approximate surface area is 149 Å². The van der Waals surface area contributed by atoms with E-state index in [1.54, 1.807) is 13.0 Å². The number of hydrogen-bond donors (Lipinski definition) is 2. The van der Waals surface area contributed by atoms with Gasteiger partial charge in [0.25, 0.3) is 0 Å². The predicted octanol–water partition coefficient (Wildman–Crippen LogP) is 4.57. The highest BCUT2D eigenvalue weighted by Gasteiger charge is 2.22. The van der Waals surface area contributed by atoms with E-state index in [4.69, 9.17) is 5.41 Å². The highest BCUT2D eigenvalue weighted by Crippen LogP contribution is 2.37. The Morgan fingerprint density at radius 2 is 1.96 bits per heavy atom. The Hall–Kier alpha value is -2.71. The van der Waals surface area contributed by atoms with Crippen LogP contribution >= 0.6 is 11.3 Å². The molecule has 0 radical (unpaired) electrons. The molecule has 0 fully saturated rings. The molecule has 3 rings (SSSR count). The van der Waals surface area contributed by atoms with Crippen LogP contribution in [-0.4, -0.2) is 12.1 Å². The summed E-state index contributed by atoms with van der Waals surface area (Å²) in [6, 6.07) is 9.31. The topological polar surface area (TPSA) is 53.0 Å². The molecule has 25 heavy (non-hydrogen) atoms. The summed E-state index contributed by atoms with van der Waals surface area (Å²) in [5.74, 6) is 5.07. The molecule has 0 saturated heterocycles. The van der Waals surface area contributed by atoms with Gasteiger partial charge in [0, 0.05) is 20.2 Å². The summed E-state index contributed by atoms with van der Waals surface area (Å²) in [5.41, 5.74) is 0.756. The molecule has 1 aromatic heterocycles. The van der Waals surface area contributed by atoms with E-state index in [1.807, 2.05) is 32.0 Å². The Balaban J connectivity index is 2.20. The summed E-state index contributed by atoms with van der Waals surface area (Å²) in [6.45, 7) is 5.51. The Bertz CT molecular complexity index is 1070. The lowest BCUT2D eigenvalue weighted by molar-refractivity contribution is -0.103. The molecule has 0 aliphatic heterocycles. The molecular weight excluding hydrogens is 335 g/mol. The average molecular weight is 352 g/mol. The number of nitrogens with one attached hydrogen (secondary N) is 2. The summed E-state index contributed by atoms with van der Waals surface area (Å²) < 4.78 is 16.1. The van der Waals surface area contributed by atoms with E-state index >= 15 is 0 Å². The Morgan fingerprint density at radius 3 is 2.64 bits per heavy atom. The van der Waals surface area contributed by atoms with Gasteiger partial charge in [-0.1, -0.05) is 12.0 Å². The van der Waals surface area contributed by atoms with Crippen molar-refractivity contribution in [2.75, 3.05) is 0 Å².